The van der Waals surface area contributed by atoms with Crippen molar-refractivity contribution >= 4 is 48.7 Å². The summed E-state index contributed by atoms with van der Waals surface area (Å²) in [6.45, 7) is 1.58. The average Bonchev–Trinajstić information content (AvgIpc) is 2.03. The summed E-state index contributed by atoms with van der Waals surface area (Å²) in [6.07, 6.45) is 0. The fourth-order valence-corrected chi connectivity index (χ4v) is 3.15. The minimum atomic E-state index is 0.141. The van der Waals surface area contributed by atoms with Crippen molar-refractivity contribution in [1.82, 2.24) is 0 Å². The summed E-state index contributed by atoms with van der Waals surface area (Å²) in [5.74, 6) is 0.706. The van der Waals surface area contributed by atoms with E-state index in [2.05, 4.69) is 31.9 Å². The van der Waals surface area contributed by atoms with Gasteiger partial charge in [0.15, 0.2) is 5.12 Å². The third-order valence-electron chi connectivity index (χ3n) is 1.48. The van der Waals surface area contributed by atoms with Crippen LogP contribution in [0.4, 0.5) is 0 Å². The lowest BCUT2D eigenvalue weighted by Gasteiger charge is -2.04. The Hall–Kier alpha value is 0.200. The first kappa shape index (κ1) is 11.3. The second-order valence-electron chi connectivity index (χ2n) is 2.48. The predicted octanol–water partition coefficient (Wildman–Crippen LogP) is 3.99. The van der Waals surface area contributed by atoms with Gasteiger partial charge in [0.25, 0.3) is 0 Å². The SMILES string of the molecule is CC(=O)SCc1c(Br)cccc1Br. The molecule has 0 aliphatic rings. The Bertz CT molecular complexity index is 305. The Kier molecular flexibility index (Phi) is 4.49. The maximum atomic E-state index is 10.8. The topological polar surface area (TPSA) is 17.1 Å². The number of halogens is 2. The van der Waals surface area contributed by atoms with E-state index in [-0.39, 0.29) is 5.12 Å². The van der Waals surface area contributed by atoms with Crippen LogP contribution in [0.25, 0.3) is 0 Å². The molecule has 0 saturated heterocycles. The van der Waals surface area contributed by atoms with Gasteiger partial charge in [-0.2, -0.15) is 0 Å². The molecule has 70 valence electrons. The van der Waals surface area contributed by atoms with Gasteiger partial charge >= 0.3 is 0 Å². The van der Waals surface area contributed by atoms with Crippen molar-refractivity contribution in [3.8, 4) is 0 Å². The van der Waals surface area contributed by atoms with Crippen molar-refractivity contribution in [3.63, 3.8) is 0 Å². The molecular weight excluding hydrogens is 316 g/mol. The Labute approximate surface area is 98.5 Å². The van der Waals surface area contributed by atoms with E-state index in [1.54, 1.807) is 6.92 Å². The lowest BCUT2D eigenvalue weighted by atomic mass is 10.2. The van der Waals surface area contributed by atoms with E-state index in [1.807, 2.05) is 18.2 Å². The van der Waals surface area contributed by atoms with Crippen LogP contribution in [-0.2, 0) is 10.5 Å². The van der Waals surface area contributed by atoms with E-state index in [0.29, 0.717) is 5.75 Å². The van der Waals surface area contributed by atoms with E-state index in [0.717, 1.165) is 14.5 Å². The summed E-state index contributed by atoms with van der Waals surface area (Å²) in [7, 11) is 0. The van der Waals surface area contributed by atoms with Gasteiger partial charge < -0.3 is 0 Å². The lowest BCUT2D eigenvalue weighted by Crippen LogP contribution is -1.88. The monoisotopic (exact) mass is 322 g/mol. The summed E-state index contributed by atoms with van der Waals surface area (Å²) >= 11 is 8.20. The molecular formula is C9H8Br2OS. The predicted molar refractivity (Wildman–Crippen MR) is 63.8 cm³/mol. The number of carbonyl (C=O) groups is 1. The van der Waals surface area contributed by atoms with Crippen molar-refractivity contribution in [2.75, 3.05) is 0 Å². The van der Waals surface area contributed by atoms with Crippen molar-refractivity contribution in [1.29, 1.82) is 0 Å². The van der Waals surface area contributed by atoms with Crippen molar-refractivity contribution in [2.45, 2.75) is 12.7 Å². The van der Waals surface area contributed by atoms with Gasteiger partial charge in [-0.3, -0.25) is 4.79 Å². The third-order valence-corrected chi connectivity index (χ3v) is 3.81. The highest BCUT2D eigenvalue weighted by Gasteiger charge is 2.05. The minimum absolute atomic E-state index is 0.141. The summed E-state index contributed by atoms with van der Waals surface area (Å²) in [5.41, 5.74) is 1.13. The molecule has 0 fully saturated rings. The van der Waals surface area contributed by atoms with Gasteiger partial charge in [0.05, 0.1) is 0 Å². The third kappa shape index (κ3) is 3.44. The van der Waals surface area contributed by atoms with Gasteiger partial charge in [0.2, 0.25) is 0 Å². The van der Waals surface area contributed by atoms with Crippen molar-refractivity contribution < 1.29 is 4.79 Å². The molecule has 0 aromatic heterocycles. The van der Waals surface area contributed by atoms with E-state index in [1.165, 1.54) is 11.8 Å². The standard InChI is InChI=1S/C9H8Br2OS/c1-6(12)13-5-7-8(10)3-2-4-9(7)11/h2-4H,5H2,1H3. The zero-order chi connectivity index (χ0) is 9.84. The van der Waals surface area contributed by atoms with Gasteiger partial charge in [-0.15, -0.1) is 0 Å². The number of rotatable bonds is 2. The second kappa shape index (κ2) is 5.17. The van der Waals surface area contributed by atoms with E-state index in [4.69, 9.17) is 0 Å². The smallest absolute Gasteiger partial charge is 0.186 e. The maximum Gasteiger partial charge on any atom is 0.186 e. The van der Waals surface area contributed by atoms with E-state index in [9.17, 15) is 4.79 Å². The molecule has 0 unspecified atom stereocenters. The van der Waals surface area contributed by atoms with Crippen LogP contribution >= 0.6 is 43.6 Å². The molecule has 0 aliphatic carbocycles. The van der Waals surface area contributed by atoms with Gasteiger partial charge in [-0.1, -0.05) is 49.7 Å². The van der Waals surface area contributed by atoms with Crippen LogP contribution in [0.5, 0.6) is 0 Å². The molecule has 0 radical (unpaired) electrons. The Morgan fingerprint density at radius 3 is 2.38 bits per heavy atom. The highest BCUT2D eigenvalue weighted by atomic mass is 79.9. The van der Waals surface area contributed by atoms with Crippen molar-refractivity contribution in [2.24, 2.45) is 0 Å². The van der Waals surface area contributed by atoms with Crippen LogP contribution in [0.2, 0.25) is 0 Å². The van der Waals surface area contributed by atoms with E-state index >= 15 is 0 Å². The van der Waals surface area contributed by atoms with Crippen LogP contribution in [-0.4, -0.2) is 5.12 Å². The number of hydrogen-bond donors (Lipinski definition) is 0. The molecule has 4 heteroatoms. The van der Waals surface area contributed by atoms with Crippen LogP contribution in [0, 0.1) is 0 Å². The summed E-state index contributed by atoms with van der Waals surface area (Å²) in [5, 5.41) is 0.141. The highest BCUT2D eigenvalue weighted by molar-refractivity contribution is 9.11. The van der Waals surface area contributed by atoms with Gasteiger partial charge in [-0.05, 0) is 17.7 Å². The van der Waals surface area contributed by atoms with Crippen LogP contribution < -0.4 is 0 Å². The zero-order valence-corrected chi connectivity index (χ0v) is 11.0. The fourth-order valence-electron chi connectivity index (χ4n) is 0.844. The summed E-state index contributed by atoms with van der Waals surface area (Å²) < 4.78 is 2.08. The Morgan fingerprint density at radius 1 is 1.38 bits per heavy atom. The molecule has 13 heavy (non-hydrogen) atoms. The molecule has 0 atom stereocenters. The normalized spacial score (nSPS) is 10.1. The average molecular weight is 324 g/mol. The molecule has 0 amide bonds. The van der Waals surface area contributed by atoms with Gasteiger partial charge in [-0.25, -0.2) is 0 Å². The number of thioether (sulfide) groups is 1. The summed E-state index contributed by atoms with van der Waals surface area (Å²) in [4.78, 5) is 10.8. The van der Waals surface area contributed by atoms with Crippen LogP contribution in [0.3, 0.4) is 0 Å². The quantitative estimate of drug-likeness (QED) is 0.818. The fraction of sp³-hybridized carbons (Fsp3) is 0.222. The lowest BCUT2D eigenvalue weighted by molar-refractivity contribution is -0.109. The first-order valence-corrected chi connectivity index (χ1v) is 6.24. The van der Waals surface area contributed by atoms with Gasteiger partial charge in [0.1, 0.15) is 0 Å². The van der Waals surface area contributed by atoms with Crippen LogP contribution in [0.1, 0.15) is 12.5 Å². The highest BCUT2D eigenvalue weighted by Crippen LogP contribution is 2.28. The molecule has 0 spiro atoms. The molecule has 0 saturated carbocycles. The van der Waals surface area contributed by atoms with E-state index < -0.39 is 0 Å². The maximum absolute atomic E-state index is 10.8. The zero-order valence-electron chi connectivity index (χ0n) is 7.01. The Balaban J connectivity index is 2.81. The molecule has 1 nitrogen and oxygen atoms in total. The number of carbonyl (C=O) groups excluding carboxylic acids is 1. The van der Waals surface area contributed by atoms with Gasteiger partial charge in [0, 0.05) is 21.6 Å². The molecule has 0 N–H and O–H groups in total. The largest absolute Gasteiger partial charge is 0.288 e. The molecule has 1 aromatic carbocycles. The molecule has 0 bridgehead atoms. The number of hydrogen-bond acceptors (Lipinski definition) is 2. The molecule has 1 aromatic rings. The first-order chi connectivity index (χ1) is 6.11. The van der Waals surface area contributed by atoms with Crippen molar-refractivity contribution in [3.05, 3.63) is 32.7 Å². The molecule has 0 heterocycles. The number of benzene rings is 1. The Morgan fingerprint density at radius 2 is 1.92 bits per heavy atom. The molecule has 0 aliphatic heterocycles. The second-order valence-corrected chi connectivity index (χ2v) is 5.34. The minimum Gasteiger partial charge on any atom is -0.288 e. The van der Waals surface area contributed by atoms with Crippen LogP contribution in [0.15, 0.2) is 27.1 Å². The summed E-state index contributed by atoms with van der Waals surface area (Å²) in [6, 6.07) is 5.90. The first-order valence-electron chi connectivity index (χ1n) is 3.67. The molecule has 1 rings (SSSR count).